The predicted molar refractivity (Wildman–Crippen MR) is 88.2 cm³/mol. The summed E-state index contributed by atoms with van der Waals surface area (Å²) in [5, 5.41) is 13.1. The second-order valence-corrected chi connectivity index (χ2v) is 5.84. The smallest absolute Gasteiger partial charge is 0.120 e. The molecule has 0 saturated carbocycles. The second-order valence-electron chi connectivity index (χ2n) is 5.84. The molecule has 0 saturated heterocycles. The molecule has 0 radical (unpaired) electrons. The lowest BCUT2D eigenvalue weighted by Gasteiger charge is -2.27. The summed E-state index contributed by atoms with van der Waals surface area (Å²) < 4.78 is 0. The van der Waals surface area contributed by atoms with E-state index in [9.17, 15) is 5.11 Å². The highest BCUT2D eigenvalue weighted by atomic mass is 16.3. The number of rotatable bonds is 3. The van der Waals surface area contributed by atoms with E-state index in [4.69, 9.17) is 0 Å². The zero-order valence-electron chi connectivity index (χ0n) is 12.7. The van der Waals surface area contributed by atoms with Crippen LogP contribution in [-0.2, 0) is 13.0 Å². The van der Waals surface area contributed by atoms with Gasteiger partial charge in [0.2, 0.25) is 0 Å². The van der Waals surface area contributed by atoms with Crippen LogP contribution in [-0.4, -0.2) is 18.7 Å². The Kier molecular flexibility index (Phi) is 3.74. The molecule has 0 amide bonds. The summed E-state index contributed by atoms with van der Waals surface area (Å²) in [6, 6.07) is 12.4. The van der Waals surface area contributed by atoms with Crippen LogP contribution in [0.4, 0.5) is 11.4 Å². The van der Waals surface area contributed by atoms with Crippen molar-refractivity contribution in [2.45, 2.75) is 26.3 Å². The van der Waals surface area contributed by atoms with Gasteiger partial charge in [-0.1, -0.05) is 18.2 Å². The van der Waals surface area contributed by atoms with Gasteiger partial charge in [-0.05, 0) is 48.6 Å². The van der Waals surface area contributed by atoms with E-state index in [1.165, 1.54) is 29.7 Å². The molecule has 0 atom stereocenters. The van der Waals surface area contributed by atoms with E-state index < -0.39 is 0 Å². The monoisotopic (exact) mass is 282 g/mol. The number of nitrogens with one attached hydrogen (secondary N) is 1. The molecule has 3 rings (SSSR count). The molecule has 3 heteroatoms. The first kappa shape index (κ1) is 13.8. The van der Waals surface area contributed by atoms with E-state index in [1.54, 1.807) is 6.07 Å². The van der Waals surface area contributed by atoms with Crippen molar-refractivity contribution >= 4 is 11.4 Å². The van der Waals surface area contributed by atoms with Crippen molar-refractivity contribution in [3.8, 4) is 5.75 Å². The molecule has 0 spiro atoms. The Morgan fingerprint density at radius 3 is 2.86 bits per heavy atom. The third kappa shape index (κ3) is 2.97. The first-order valence-corrected chi connectivity index (χ1v) is 7.50. The van der Waals surface area contributed by atoms with Crippen molar-refractivity contribution in [3.63, 3.8) is 0 Å². The van der Waals surface area contributed by atoms with E-state index >= 15 is 0 Å². The lowest BCUT2D eigenvalue weighted by Crippen LogP contribution is -2.24. The van der Waals surface area contributed by atoms with Crippen LogP contribution in [0, 0.1) is 6.92 Å². The Labute approximate surface area is 126 Å². The van der Waals surface area contributed by atoms with Gasteiger partial charge in [0.25, 0.3) is 0 Å². The van der Waals surface area contributed by atoms with Crippen molar-refractivity contribution in [1.82, 2.24) is 0 Å². The maximum absolute atomic E-state index is 9.74. The van der Waals surface area contributed by atoms with Gasteiger partial charge in [0, 0.05) is 37.6 Å². The van der Waals surface area contributed by atoms with Crippen molar-refractivity contribution in [2.24, 2.45) is 0 Å². The Bertz CT molecular complexity index is 652. The van der Waals surface area contributed by atoms with Crippen LogP contribution in [0.3, 0.4) is 0 Å². The molecule has 1 heterocycles. The van der Waals surface area contributed by atoms with Gasteiger partial charge in [-0.2, -0.15) is 0 Å². The predicted octanol–water partition coefficient (Wildman–Crippen LogP) is 3.70. The summed E-state index contributed by atoms with van der Waals surface area (Å²) in [6.45, 7) is 3.83. The lowest BCUT2D eigenvalue weighted by atomic mass is 9.99. The van der Waals surface area contributed by atoms with Crippen LogP contribution in [0.5, 0.6) is 5.75 Å². The standard InChI is InChI=1S/C18H22N2O/c1-13-5-7-16(11-18(13)21)19-12-14-6-8-17-15(10-14)4-3-9-20(17)2/h5-8,10-11,19,21H,3-4,9,12H2,1-2H3. The lowest BCUT2D eigenvalue weighted by molar-refractivity contribution is 0.471. The van der Waals surface area contributed by atoms with Crippen molar-refractivity contribution < 1.29 is 5.11 Å². The molecule has 3 nitrogen and oxygen atoms in total. The van der Waals surface area contributed by atoms with Gasteiger partial charge in [-0.25, -0.2) is 0 Å². The molecule has 1 aliphatic rings. The summed E-state index contributed by atoms with van der Waals surface area (Å²) in [7, 11) is 2.16. The van der Waals surface area contributed by atoms with Gasteiger partial charge in [0.15, 0.2) is 0 Å². The molecule has 0 unspecified atom stereocenters. The number of fused-ring (bicyclic) bond motifs is 1. The van der Waals surface area contributed by atoms with Crippen molar-refractivity contribution in [1.29, 1.82) is 0 Å². The summed E-state index contributed by atoms with van der Waals surface area (Å²) >= 11 is 0. The van der Waals surface area contributed by atoms with Crippen molar-refractivity contribution in [3.05, 3.63) is 53.1 Å². The van der Waals surface area contributed by atoms with E-state index in [1.807, 2.05) is 19.1 Å². The first-order valence-electron chi connectivity index (χ1n) is 7.50. The highest BCUT2D eigenvalue weighted by molar-refractivity contribution is 5.57. The average Bonchev–Trinajstić information content (AvgIpc) is 2.49. The minimum Gasteiger partial charge on any atom is -0.508 e. The fraction of sp³-hybridized carbons (Fsp3) is 0.333. The number of hydrogen-bond acceptors (Lipinski definition) is 3. The minimum atomic E-state index is 0.340. The van der Waals surface area contributed by atoms with E-state index in [-0.39, 0.29) is 0 Å². The molecule has 110 valence electrons. The number of phenolic OH excluding ortho intramolecular Hbond substituents is 1. The molecule has 0 aliphatic carbocycles. The van der Waals surface area contributed by atoms with E-state index in [0.29, 0.717) is 5.75 Å². The molecule has 2 aromatic carbocycles. The zero-order valence-corrected chi connectivity index (χ0v) is 12.7. The summed E-state index contributed by atoms with van der Waals surface area (Å²) in [4.78, 5) is 2.33. The molecular weight excluding hydrogens is 260 g/mol. The summed E-state index contributed by atoms with van der Waals surface area (Å²) in [5.41, 5.74) is 5.93. The average molecular weight is 282 g/mol. The number of benzene rings is 2. The highest BCUT2D eigenvalue weighted by Crippen LogP contribution is 2.27. The molecule has 1 aliphatic heterocycles. The molecule has 0 aromatic heterocycles. The molecular formula is C18H22N2O. The van der Waals surface area contributed by atoms with Gasteiger partial charge in [0.1, 0.15) is 5.75 Å². The number of aryl methyl sites for hydroxylation is 2. The van der Waals surface area contributed by atoms with E-state index in [0.717, 1.165) is 24.3 Å². The summed E-state index contributed by atoms with van der Waals surface area (Å²) in [5.74, 6) is 0.340. The topological polar surface area (TPSA) is 35.5 Å². The minimum absolute atomic E-state index is 0.340. The summed E-state index contributed by atoms with van der Waals surface area (Å²) in [6.07, 6.45) is 2.39. The molecule has 21 heavy (non-hydrogen) atoms. The van der Waals surface area contributed by atoms with Gasteiger partial charge in [0.05, 0.1) is 0 Å². The third-order valence-electron chi connectivity index (χ3n) is 4.20. The largest absolute Gasteiger partial charge is 0.508 e. The van der Waals surface area contributed by atoms with Crippen LogP contribution < -0.4 is 10.2 Å². The second kappa shape index (κ2) is 5.68. The maximum Gasteiger partial charge on any atom is 0.120 e. The quantitative estimate of drug-likeness (QED) is 0.901. The molecule has 2 aromatic rings. The van der Waals surface area contributed by atoms with Crippen LogP contribution in [0.15, 0.2) is 36.4 Å². The Hall–Kier alpha value is -2.16. The van der Waals surface area contributed by atoms with Crippen molar-refractivity contribution in [2.75, 3.05) is 23.8 Å². The van der Waals surface area contributed by atoms with Gasteiger partial charge in [-0.3, -0.25) is 0 Å². The fourth-order valence-corrected chi connectivity index (χ4v) is 2.87. The fourth-order valence-electron chi connectivity index (χ4n) is 2.87. The Morgan fingerprint density at radius 1 is 1.19 bits per heavy atom. The SMILES string of the molecule is Cc1ccc(NCc2ccc3c(c2)CCCN3C)cc1O. The number of aromatic hydroxyl groups is 1. The number of anilines is 2. The number of phenols is 1. The van der Waals surface area contributed by atoms with Crippen LogP contribution >= 0.6 is 0 Å². The Morgan fingerprint density at radius 2 is 2.05 bits per heavy atom. The molecule has 0 bridgehead atoms. The van der Waals surface area contributed by atoms with Gasteiger partial charge in [-0.15, -0.1) is 0 Å². The van der Waals surface area contributed by atoms with Crippen LogP contribution in [0.25, 0.3) is 0 Å². The highest BCUT2D eigenvalue weighted by Gasteiger charge is 2.13. The van der Waals surface area contributed by atoms with E-state index in [2.05, 4.69) is 35.5 Å². The van der Waals surface area contributed by atoms with Gasteiger partial charge < -0.3 is 15.3 Å². The molecule has 2 N–H and O–H groups in total. The van der Waals surface area contributed by atoms with Crippen LogP contribution in [0.2, 0.25) is 0 Å². The molecule has 0 fully saturated rings. The number of nitrogens with zero attached hydrogens (tertiary/aromatic N) is 1. The Balaban J connectivity index is 1.72. The maximum atomic E-state index is 9.74. The third-order valence-corrected chi connectivity index (χ3v) is 4.20. The first-order chi connectivity index (χ1) is 10.1. The number of hydrogen-bond donors (Lipinski definition) is 2. The zero-order chi connectivity index (χ0) is 14.8. The van der Waals surface area contributed by atoms with Crippen LogP contribution in [0.1, 0.15) is 23.1 Å². The normalized spacial score (nSPS) is 13.9. The van der Waals surface area contributed by atoms with Gasteiger partial charge >= 0.3 is 0 Å².